The summed E-state index contributed by atoms with van der Waals surface area (Å²) in [5.41, 5.74) is 2.91. The van der Waals surface area contributed by atoms with Crippen LogP contribution in [0.15, 0.2) is 23.3 Å². The van der Waals surface area contributed by atoms with Crippen molar-refractivity contribution in [3.8, 4) is 0 Å². The van der Waals surface area contributed by atoms with Crippen molar-refractivity contribution in [1.29, 1.82) is 0 Å². The van der Waals surface area contributed by atoms with Crippen LogP contribution >= 0.6 is 0 Å². The molecule has 2 heteroatoms. The predicted molar refractivity (Wildman–Crippen MR) is 80.8 cm³/mol. The van der Waals surface area contributed by atoms with Crippen LogP contribution in [0.3, 0.4) is 0 Å². The molecular weight excluding hydrogens is 220 g/mol. The van der Waals surface area contributed by atoms with Crippen molar-refractivity contribution in [3.63, 3.8) is 0 Å². The first-order chi connectivity index (χ1) is 8.47. The first kappa shape index (κ1) is 15.5. The Morgan fingerprint density at radius 2 is 1.83 bits per heavy atom. The molecule has 0 saturated heterocycles. The summed E-state index contributed by atoms with van der Waals surface area (Å²) in [6.45, 7) is 7.93. The van der Waals surface area contributed by atoms with Crippen LogP contribution in [0, 0.1) is 11.8 Å². The summed E-state index contributed by atoms with van der Waals surface area (Å²) in [5, 5.41) is 3.25. The molecule has 0 saturated carbocycles. The van der Waals surface area contributed by atoms with Gasteiger partial charge in [-0.1, -0.05) is 30.2 Å². The Balaban J connectivity index is 2.74. The third kappa shape index (κ3) is 3.96. The quantitative estimate of drug-likeness (QED) is 0.729. The second kappa shape index (κ2) is 7.10. The minimum absolute atomic E-state index is 0.646. The van der Waals surface area contributed by atoms with Gasteiger partial charge in [-0.25, -0.2) is 0 Å². The lowest BCUT2D eigenvalue weighted by atomic mass is 9.78. The first-order valence-electron chi connectivity index (χ1n) is 7.15. The van der Waals surface area contributed by atoms with Gasteiger partial charge in [0.15, 0.2) is 0 Å². The van der Waals surface area contributed by atoms with E-state index in [4.69, 9.17) is 0 Å². The van der Waals surface area contributed by atoms with Gasteiger partial charge in [0.1, 0.15) is 0 Å². The van der Waals surface area contributed by atoms with Crippen molar-refractivity contribution >= 4 is 0 Å². The normalized spacial score (nSPS) is 25.9. The van der Waals surface area contributed by atoms with Crippen LogP contribution in [0.1, 0.15) is 33.6 Å². The summed E-state index contributed by atoms with van der Waals surface area (Å²) >= 11 is 0. The maximum atomic E-state index is 3.25. The van der Waals surface area contributed by atoms with Crippen LogP contribution in [-0.4, -0.2) is 38.6 Å². The van der Waals surface area contributed by atoms with Gasteiger partial charge in [-0.05, 0) is 66.2 Å². The summed E-state index contributed by atoms with van der Waals surface area (Å²) in [4.78, 5) is 2.40. The molecule has 0 aromatic carbocycles. The van der Waals surface area contributed by atoms with Crippen LogP contribution in [-0.2, 0) is 0 Å². The standard InChI is InChI=1S/C16H30N2/c1-12-10-14(3)15(11-13(12)2)16(18(5)6)8-7-9-17-4/h10-11,14-17H,7-9H2,1-6H3. The number of rotatable bonds is 6. The Bertz CT molecular complexity index is 315. The van der Waals surface area contributed by atoms with Crippen LogP contribution in [0.4, 0.5) is 0 Å². The zero-order valence-corrected chi connectivity index (χ0v) is 13.0. The first-order valence-corrected chi connectivity index (χ1v) is 7.15. The maximum absolute atomic E-state index is 3.25. The highest BCUT2D eigenvalue weighted by atomic mass is 15.1. The highest BCUT2D eigenvalue weighted by Gasteiger charge is 2.27. The van der Waals surface area contributed by atoms with Crippen molar-refractivity contribution < 1.29 is 0 Å². The summed E-state index contributed by atoms with van der Waals surface area (Å²) in [6.07, 6.45) is 7.44. The highest BCUT2D eigenvalue weighted by Crippen LogP contribution is 2.32. The van der Waals surface area contributed by atoms with Gasteiger partial charge in [0.25, 0.3) is 0 Å². The molecule has 18 heavy (non-hydrogen) atoms. The molecule has 0 aromatic heterocycles. The van der Waals surface area contributed by atoms with Crippen molar-refractivity contribution in [3.05, 3.63) is 23.3 Å². The molecule has 3 atom stereocenters. The molecule has 0 radical (unpaired) electrons. The van der Waals surface area contributed by atoms with Gasteiger partial charge in [0.2, 0.25) is 0 Å². The van der Waals surface area contributed by atoms with Crippen molar-refractivity contribution in [2.45, 2.75) is 39.7 Å². The average molecular weight is 250 g/mol. The molecule has 1 aliphatic rings. The summed E-state index contributed by atoms with van der Waals surface area (Å²) in [5.74, 6) is 1.30. The molecule has 0 aromatic rings. The van der Waals surface area contributed by atoms with Gasteiger partial charge < -0.3 is 10.2 Å². The van der Waals surface area contributed by atoms with E-state index >= 15 is 0 Å². The van der Waals surface area contributed by atoms with Gasteiger partial charge in [-0.3, -0.25) is 0 Å². The number of hydrogen-bond donors (Lipinski definition) is 1. The molecule has 0 amide bonds. The fourth-order valence-electron chi connectivity index (χ4n) is 2.95. The lowest BCUT2D eigenvalue weighted by Gasteiger charge is -2.36. The predicted octanol–water partition coefficient (Wildman–Crippen LogP) is 3.07. The van der Waals surface area contributed by atoms with E-state index in [9.17, 15) is 0 Å². The Morgan fingerprint density at radius 1 is 1.22 bits per heavy atom. The lowest BCUT2D eigenvalue weighted by Crippen LogP contribution is -2.38. The van der Waals surface area contributed by atoms with Crippen LogP contribution in [0.2, 0.25) is 0 Å². The van der Waals surface area contributed by atoms with Gasteiger partial charge in [0.05, 0.1) is 0 Å². The van der Waals surface area contributed by atoms with E-state index < -0.39 is 0 Å². The third-order valence-corrected chi connectivity index (χ3v) is 4.22. The Morgan fingerprint density at radius 3 is 2.39 bits per heavy atom. The molecule has 1 aliphatic carbocycles. The van der Waals surface area contributed by atoms with E-state index in [2.05, 4.69) is 57.2 Å². The fourth-order valence-corrected chi connectivity index (χ4v) is 2.95. The Hall–Kier alpha value is -0.600. The van der Waals surface area contributed by atoms with Gasteiger partial charge in [-0.15, -0.1) is 0 Å². The SMILES string of the molecule is CNCCCC(C1C=C(C)C(C)=CC1C)N(C)C. The molecule has 0 bridgehead atoms. The molecule has 0 heterocycles. The Labute approximate surface area is 113 Å². The zero-order chi connectivity index (χ0) is 13.7. The number of nitrogens with zero attached hydrogens (tertiary/aromatic N) is 1. The topological polar surface area (TPSA) is 15.3 Å². The largest absolute Gasteiger partial charge is 0.320 e. The van der Waals surface area contributed by atoms with Gasteiger partial charge >= 0.3 is 0 Å². The van der Waals surface area contributed by atoms with Crippen molar-refractivity contribution in [2.75, 3.05) is 27.7 Å². The summed E-state index contributed by atoms with van der Waals surface area (Å²) in [7, 11) is 6.46. The van der Waals surface area contributed by atoms with E-state index in [-0.39, 0.29) is 0 Å². The molecule has 2 nitrogen and oxygen atoms in total. The molecule has 104 valence electrons. The highest BCUT2D eigenvalue weighted by molar-refractivity contribution is 5.33. The van der Waals surface area contributed by atoms with Crippen LogP contribution < -0.4 is 5.32 Å². The molecule has 0 aliphatic heterocycles. The van der Waals surface area contributed by atoms with Crippen molar-refractivity contribution in [2.24, 2.45) is 11.8 Å². The van der Waals surface area contributed by atoms with E-state index in [0.717, 1.165) is 6.54 Å². The summed E-state index contributed by atoms with van der Waals surface area (Å²) < 4.78 is 0. The molecule has 1 N–H and O–H groups in total. The number of hydrogen-bond acceptors (Lipinski definition) is 2. The molecule has 0 spiro atoms. The molecular formula is C16H30N2. The second-order valence-electron chi connectivity index (χ2n) is 5.91. The lowest BCUT2D eigenvalue weighted by molar-refractivity contribution is 0.195. The number of allylic oxidation sites excluding steroid dienone is 3. The van der Waals surface area contributed by atoms with Gasteiger partial charge in [-0.2, -0.15) is 0 Å². The van der Waals surface area contributed by atoms with Crippen LogP contribution in [0.5, 0.6) is 0 Å². The van der Waals surface area contributed by atoms with E-state index in [1.807, 2.05) is 7.05 Å². The number of nitrogens with one attached hydrogen (secondary N) is 1. The second-order valence-corrected chi connectivity index (χ2v) is 5.91. The monoisotopic (exact) mass is 250 g/mol. The summed E-state index contributed by atoms with van der Waals surface area (Å²) in [6, 6.07) is 0.646. The third-order valence-electron chi connectivity index (χ3n) is 4.22. The van der Waals surface area contributed by atoms with Crippen LogP contribution in [0.25, 0.3) is 0 Å². The van der Waals surface area contributed by atoms with Crippen molar-refractivity contribution in [1.82, 2.24) is 10.2 Å². The van der Waals surface area contributed by atoms with E-state index in [0.29, 0.717) is 17.9 Å². The Kier molecular flexibility index (Phi) is 6.10. The maximum Gasteiger partial charge on any atom is 0.0158 e. The van der Waals surface area contributed by atoms with Gasteiger partial charge in [0, 0.05) is 6.04 Å². The zero-order valence-electron chi connectivity index (χ0n) is 13.0. The fraction of sp³-hybridized carbons (Fsp3) is 0.750. The average Bonchev–Trinajstić information content (AvgIpc) is 2.30. The smallest absolute Gasteiger partial charge is 0.0158 e. The minimum Gasteiger partial charge on any atom is -0.320 e. The molecule has 3 unspecified atom stereocenters. The minimum atomic E-state index is 0.646. The molecule has 1 rings (SSSR count). The van der Waals surface area contributed by atoms with E-state index in [1.54, 1.807) is 0 Å². The van der Waals surface area contributed by atoms with E-state index in [1.165, 1.54) is 24.0 Å². The molecule has 0 fully saturated rings.